The number of rotatable bonds is 36. The average Bonchev–Trinajstić information content (AvgIpc) is 3.16. The van der Waals surface area contributed by atoms with Crippen molar-refractivity contribution in [2.75, 3.05) is 19.7 Å². The number of aliphatic hydroxyl groups excluding tert-OH is 3. The standard InChI is InChI=1S/C43H81N3O9/c1-3-5-7-9-11-13-15-16-17-18-19-20-22-24-26-30-38(50)46(32-27-25-23-21-14-12-10-8-6-4-2)43-40(42(54)41(53)35(34-47)55-43)45-37(49)33-44-36(48)29-28-31-39(51)52/h35,40-43,47,53-54H,3-34H2,1-2H3,(H,44,48)(H,45,49)(H,51,52)/t35-,40-,41-,42-,43-/m1/s1. The third-order valence-electron chi connectivity index (χ3n) is 10.8. The molecule has 6 N–H and O–H groups in total. The highest BCUT2D eigenvalue weighted by molar-refractivity contribution is 5.85. The minimum absolute atomic E-state index is 0.0608. The van der Waals surface area contributed by atoms with Crippen molar-refractivity contribution >= 4 is 23.7 Å². The molecule has 12 nitrogen and oxygen atoms in total. The summed E-state index contributed by atoms with van der Waals surface area (Å²) in [5.74, 6) is -2.33. The second-order valence-electron chi connectivity index (χ2n) is 15.8. The van der Waals surface area contributed by atoms with Gasteiger partial charge in [-0.2, -0.15) is 0 Å². The monoisotopic (exact) mass is 784 g/mol. The van der Waals surface area contributed by atoms with Crippen LogP contribution in [0.1, 0.15) is 200 Å². The molecule has 0 bridgehead atoms. The molecule has 1 aliphatic heterocycles. The Morgan fingerprint density at radius 1 is 0.564 bits per heavy atom. The Morgan fingerprint density at radius 2 is 1.02 bits per heavy atom. The number of nitrogens with zero attached hydrogens (tertiary/aromatic N) is 1. The number of ether oxygens (including phenoxy) is 1. The lowest BCUT2D eigenvalue weighted by Gasteiger charge is -2.47. The van der Waals surface area contributed by atoms with Gasteiger partial charge in [0, 0.05) is 25.8 Å². The van der Waals surface area contributed by atoms with Crippen molar-refractivity contribution in [1.82, 2.24) is 15.5 Å². The molecular formula is C43H81N3O9. The number of carbonyl (C=O) groups excluding carboxylic acids is 3. The zero-order valence-corrected chi connectivity index (χ0v) is 34.8. The highest BCUT2D eigenvalue weighted by Gasteiger charge is 2.48. The lowest BCUT2D eigenvalue weighted by atomic mass is 9.94. The Hall–Kier alpha value is -2.28. The molecule has 1 heterocycles. The maximum absolute atomic E-state index is 13.9. The van der Waals surface area contributed by atoms with Crippen molar-refractivity contribution in [3.8, 4) is 0 Å². The average molecular weight is 784 g/mol. The van der Waals surface area contributed by atoms with Gasteiger partial charge >= 0.3 is 5.97 Å². The molecule has 0 saturated carbocycles. The van der Waals surface area contributed by atoms with Crippen LogP contribution in [0.5, 0.6) is 0 Å². The van der Waals surface area contributed by atoms with Crippen LogP contribution in [0.3, 0.4) is 0 Å². The van der Waals surface area contributed by atoms with Gasteiger partial charge in [0.15, 0.2) is 6.23 Å². The van der Waals surface area contributed by atoms with Crippen molar-refractivity contribution in [3.05, 3.63) is 0 Å². The highest BCUT2D eigenvalue weighted by Crippen LogP contribution is 2.26. The molecule has 0 aromatic heterocycles. The molecule has 1 saturated heterocycles. The van der Waals surface area contributed by atoms with Crippen LogP contribution in [0, 0.1) is 0 Å². The third kappa shape index (κ3) is 24.9. The lowest BCUT2D eigenvalue weighted by Crippen LogP contribution is -2.69. The first-order valence-corrected chi connectivity index (χ1v) is 22.4. The van der Waals surface area contributed by atoms with Crippen LogP contribution in [-0.2, 0) is 23.9 Å². The number of unbranched alkanes of at least 4 members (excludes halogenated alkanes) is 23. The summed E-state index contributed by atoms with van der Waals surface area (Å²) in [7, 11) is 0. The van der Waals surface area contributed by atoms with Crippen molar-refractivity contribution < 1.29 is 44.3 Å². The summed E-state index contributed by atoms with van der Waals surface area (Å²) in [5, 5.41) is 45.8. The van der Waals surface area contributed by atoms with Gasteiger partial charge in [0.2, 0.25) is 17.7 Å². The van der Waals surface area contributed by atoms with E-state index in [0.717, 1.165) is 38.5 Å². The normalized spacial score (nSPS) is 19.6. The van der Waals surface area contributed by atoms with Crippen LogP contribution >= 0.6 is 0 Å². The first kappa shape index (κ1) is 50.7. The molecule has 5 atom stereocenters. The third-order valence-corrected chi connectivity index (χ3v) is 10.8. The number of aliphatic hydroxyl groups is 3. The van der Waals surface area contributed by atoms with Gasteiger partial charge in [-0.3, -0.25) is 19.2 Å². The molecule has 12 heteroatoms. The van der Waals surface area contributed by atoms with E-state index in [9.17, 15) is 34.5 Å². The molecule has 1 fully saturated rings. The molecule has 0 aromatic carbocycles. The van der Waals surface area contributed by atoms with Gasteiger partial charge in [-0.05, 0) is 19.3 Å². The number of nitrogens with one attached hydrogen (secondary N) is 2. The van der Waals surface area contributed by atoms with E-state index in [0.29, 0.717) is 19.4 Å². The molecule has 3 amide bonds. The highest BCUT2D eigenvalue weighted by atomic mass is 16.5. The fourth-order valence-corrected chi connectivity index (χ4v) is 7.38. The minimum Gasteiger partial charge on any atom is -0.481 e. The zero-order chi connectivity index (χ0) is 40.5. The van der Waals surface area contributed by atoms with Crippen molar-refractivity contribution in [3.63, 3.8) is 0 Å². The molecule has 0 spiro atoms. The van der Waals surface area contributed by atoms with Crippen LogP contribution in [0.2, 0.25) is 0 Å². The Balaban J connectivity index is 2.75. The second kappa shape index (κ2) is 33.8. The maximum atomic E-state index is 13.9. The fourth-order valence-electron chi connectivity index (χ4n) is 7.38. The summed E-state index contributed by atoms with van der Waals surface area (Å²) in [5.41, 5.74) is 0. The summed E-state index contributed by atoms with van der Waals surface area (Å²) in [6.07, 6.45) is 24.4. The lowest BCUT2D eigenvalue weighted by molar-refractivity contribution is -0.231. The van der Waals surface area contributed by atoms with E-state index in [4.69, 9.17) is 9.84 Å². The van der Waals surface area contributed by atoms with Gasteiger partial charge in [-0.25, -0.2) is 0 Å². The van der Waals surface area contributed by atoms with Crippen LogP contribution in [0.4, 0.5) is 0 Å². The zero-order valence-electron chi connectivity index (χ0n) is 34.8. The number of amides is 3. The van der Waals surface area contributed by atoms with Gasteiger partial charge in [0.05, 0.1) is 13.2 Å². The van der Waals surface area contributed by atoms with E-state index >= 15 is 0 Å². The minimum atomic E-state index is -1.54. The Kier molecular flexibility index (Phi) is 31.2. The predicted octanol–water partition coefficient (Wildman–Crippen LogP) is 7.29. The van der Waals surface area contributed by atoms with E-state index < -0.39 is 61.5 Å². The predicted molar refractivity (Wildman–Crippen MR) is 217 cm³/mol. The van der Waals surface area contributed by atoms with Gasteiger partial charge in [0.25, 0.3) is 0 Å². The topological polar surface area (TPSA) is 186 Å². The molecule has 1 rings (SSSR count). The number of carboxylic acid groups (broad SMARTS) is 1. The van der Waals surface area contributed by atoms with Crippen molar-refractivity contribution in [1.29, 1.82) is 0 Å². The molecule has 0 unspecified atom stereocenters. The SMILES string of the molecule is CCCCCCCCCCCCCCCCCC(=O)N(CCCCCCCCCCCC)[C@@H]1O[C@H](CO)[C@@H](O)[C@H](O)[C@H]1NC(=O)CNC(=O)CCCC(=O)O. The number of carbonyl (C=O) groups is 4. The van der Waals surface area contributed by atoms with E-state index in [1.165, 1.54) is 109 Å². The summed E-state index contributed by atoms with van der Waals surface area (Å²) in [4.78, 5) is 51.3. The quantitative estimate of drug-likeness (QED) is 0.0355. The van der Waals surface area contributed by atoms with Crippen LogP contribution < -0.4 is 10.6 Å². The molecular weight excluding hydrogens is 702 g/mol. The number of hydrogen-bond acceptors (Lipinski definition) is 8. The summed E-state index contributed by atoms with van der Waals surface area (Å²) >= 11 is 0. The first-order chi connectivity index (χ1) is 26.7. The molecule has 0 radical (unpaired) electrons. The van der Waals surface area contributed by atoms with Gasteiger partial charge < -0.3 is 40.7 Å². The van der Waals surface area contributed by atoms with E-state index in [1.54, 1.807) is 4.90 Å². The van der Waals surface area contributed by atoms with Crippen molar-refractivity contribution in [2.24, 2.45) is 0 Å². The molecule has 1 aliphatic rings. The van der Waals surface area contributed by atoms with Crippen molar-refractivity contribution in [2.45, 2.75) is 231 Å². The molecule has 322 valence electrons. The first-order valence-electron chi connectivity index (χ1n) is 22.4. The maximum Gasteiger partial charge on any atom is 0.303 e. The Morgan fingerprint density at radius 3 is 1.47 bits per heavy atom. The fraction of sp³-hybridized carbons (Fsp3) is 0.907. The molecule has 0 aromatic rings. The smallest absolute Gasteiger partial charge is 0.303 e. The summed E-state index contributed by atoms with van der Waals surface area (Å²) in [6, 6.07) is -1.21. The van der Waals surface area contributed by atoms with Crippen LogP contribution in [0.15, 0.2) is 0 Å². The number of aliphatic carboxylic acids is 1. The van der Waals surface area contributed by atoms with Gasteiger partial charge in [-0.1, -0.05) is 162 Å². The summed E-state index contributed by atoms with van der Waals surface area (Å²) < 4.78 is 6.07. The largest absolute Gasteiger partial charge is 0.481 e. The van der Waals surface area contributed by atoms with Gasteiger partial charge in [-0.15, -0.1) is 0 Å². The van der Waals surface area contributed by atoms with E-state index in [1.807, 2.05) is 0 Å². The van der Waals surface area contributed by atoms with E-state index in [2.05, 4.69) is 24.5 Å². The van der Waals surface area contributed by atoms with Gasteiger partial charge in [0.1, 0.15) is 24.4 Å². The summed E-state index contributed by atoms with van der Waals surface area (Å²) in [6.45, 7) is 3.78. The Bertz CT molecular complexity index is 1000. The second-order valence-corrected chi connectivity index (χ2v) is 15.8. The van der Waals surface area contributed by atoms with Crippen LogP contribution in [-0.4, -0.2) is 99.3 Å². The number of hydrogen-bond donors (Lipinski definition) is 6. The number of carboxylic acids is 1. The molecule has 0 aliphatic carbocycles. The molecule has 55 heavy (non-hydrogen) atoms. The Labute approximate surface area is 333 Å². The van der Waals surface area contributed by atoms with E-state index in [-0.39, 0.29) is 31.6 Å². The van der Waals surface area contributed by atoms with Crippen LogP contribution in [0.25, 0.3) is 0 Å².